The molecule has 0 saturated heterocycles. The van der Waals surface area contributed by atoms with Crippen molar-refractivity contribution >= 4 is 53.9 Å². The van der Waals surface area contributed by atoms with Gasteiger partial charge in [0.25, 0.3) is 20.2 Å². The minimum atomic E-state index is -4.72. The van der Waals surface area contributed by atoms with E-state index in [-0.39, 0.29) is 42.0 Å². The lowest BCUT2D eigenvalue weighted by Gasteiger charge is -2.23. The molecule has 0 atom stereocenters. The van der Waals surface area contributed by atoms with Gasteiger partial charge in [-0.3, -0.25) is 9.11 Å². The highest BCUT2D eigenvalue weighted by Crippen LogP contribution is 2.44. The van der Waals surface area contributed by atoms with Crippen LogP contribution in [0.5, 0.6) is 17.2 Å². The van der Waals surface area contributed by atoms with Gasteiger partial charge in [-0.15, -0.1) is 0 Å². The smallest absolute Gasteiger partial charge is 0.298 e. The third-order valence-corrected chi connectivity index (χ3v) is 12.1. The van der Waals surface area contributed by atoms with Gasteiger partial charge >= 0.3 is 0 Å². The predicted molar refractivity (Wildman–Crippen MR) is 145 cm³/mol. The van der Waals surface area contributed by atoms with Crippen LogP contribution < -0.4 is 30.1 Å². The highest BCUT2D eigenvalue weighted by atomic mass is 32.2. The highest BCUT2D eigenvalue weighted by Gasteiger charge is 2.33. The first-order valence-corrected chi connectivity index (χ1v) is 18.2. The van der Waals surface area contributed by atoms with Crippen LogP contribution in [0.4, 0.5) is 0 Å². The summed E-state index contributed by atoms with van der Waals surface area (Å²) in [4.78, 5) is -0.904. The van der Waals surface area contributed by atoms with Gasteiger partial charge < -0.3 is 14.2 Å². The molecule has 3 aromatic rings. The van der Waals surface area contributed by atoms with Gasteiger partial charge in [-0.25, -0.2) is 8.42 Å². The molecule has 6 rings (SSSR count). The van der Waals surface area contributed by atoms with Crippen LogP contribution in [0.1, 0.15) is 16.7 Å². The zero-order valence-electron chi connectivity index (χ0n) is 20.9. The number of rotatable bonds is 6. The summed E-state index contributed by atoms with van der Waals surface area (Å²) in [6.07, 6.45) is 2.24. The Bertz CT molecular complexity index is 1700. The maximum atomic E-state index is 12.8. The van der Waals surface area contributed by atoms with Crippen LogP contribution in [0, 0.1) is 0 Å². The van der Waals surface area contributed by atoms with Crippen molar-refractivity contribution in [3.63, 3.8) is 0 Å². The third kappa shape index (κ3) is 4.76. The highest BCUT2D eigenvalue weighted by molar-refractivity contribution is 7.91. The Kier molecular flexibility index (Phi) is 6.44. The second kappa shape index (κ2) is 9.40. The summed E-state index contributed by atoms with van der Waals surface area (Å²) >= 11 is 0. The monoisotopic (exact) mass is 626 g/mol. The Morgan fingerprint density at radius 2 is 0.900 bits per heavy atom. The van der Waals surface area contributed by atoms with Crippen molar-refractivity contribution in [2.45, 2.75) is 33.9 Å². The molecule has 0 fully saturated rings. The minimum Gasteiger partial charge on any atom is -0.492 e. The second-order valence-electron chi connectivity index (χ2n) is 9.65. The van der Waals surface area contributed by atoms with E-state index in [2.05, 4.69) is 0 Å². The van der Waals surface area contributed by atoms with E-state index in [0.29, 0.717) is 51.9 Å². The lowest BCUT2D eigenvalue weighted by atomic mass is 10.2. The summed E-state index contributed by atoms with van der Waals surface area (Å²) in [5.41, 5.74) is 1.71. The molecule has 40 heavy (non-hydrogen) atoms. The van der Waals surface area contributed by atoms with Crippen LogP contribution in [0.25, 0.3) is 0 Å². The van der Waals surface area contributed by atoms with E-state index >= 15 is 0 Å². The number of sulfone groups is 1. The van der Waals surface area contributed by atoms with Crippen molar-refractivity contribution in [1.29, 1.82) is 0 Å². The van der Waals surface area contributed by atoms with Crippen molar-refractivity contribution in [3.05, 3.63) is 53.1 Å². The average molecular weight is 627 g/mol. The van der Waals surface area contributed by atoms with Gasteiger partial charge in [-0.05, 0) is 76.9 Å². The fourth-order valence-corrected chi connectivity index (χ4v) is 10.3. The molecule has 3 aromatic carbocycles. The summed E-state index contributed by atoms with van der Waals surface area (Å²) in [5, 5.41) is 1.30. The van der Waals surface area contributed by atoms with Crippen LogP contribution in [0.3, 0.4) is 0 Å². The summed E-state index contributed by atoms with van der Waals surface area (Å²) in [6.45, 7) is 0.693. The van der Waals surface area contributed by atoms with E-state index < -0.39 is 47.8 Å². The number of hydrogen-bond acceptors (Lipinski definition) is 9. The third-order valence-electron chi connectivity index (χ3n) is 6.93. The normalized spacial score (nSPS) is 16.2. The van der Waals surface area contributed by atoms with E-state index in [1.54, 1.807) is 18.2 Å². The van der Waals surface area contributed by atoms with Crippen LogP contribution in [-0.2, 0) is 49.3 Å². The van der Waals surface area contributed by atoms with Crippen LogP contribution in [0.15, 0.2) is 51.1 Å². The second-order valence-corrected chi connectivity index (χ2v) is 16.6. The van der Waals surface area contributed by atoms with E-state index in [1.807, 2.05) is 0 Å². The molecule has 11 nitrogen and oxygen atoms in total. The first-order chi connectivity index (χ1) is 18.7. The molecule has 3 aliphatic rings. The van der Waals surface area contributed by atoms with Gasteiger partial charge in [-0.2, -0.15) is 16.8 Å². The molecule has 0 spiro atoms. The van der Waals surface area contributed by atoms with Crippen molar-refractivity contribution in [3.8, 4) is 17.2 Å². The van der Waals surface area contributed by atoms with Gasteiger partial charge in [-0.1, -0.05) is 0 Å². The summed E-state index contributed by atoms with van der Waals surface area (Å²) in [5.74, 6) is 0.339. The minimum absolute atomic E-state index is 0.0380. The number of ether oxygens (including phenoxy) is 3. The topological polar surface area (TPSA) is 171 Å². The fraction of sp³-hybridized carbons (Fsp3) is 0.280. The zero-order chi connectivity index (χ0) is 28.6. The molecule has 0 bridgehead atoms. The van der Waals surface area contributed by atoms with E-state index in [9.17, 15) is 34.4 Å². The molecule has 0 aliphatic carbocycles. The van der Waals surface area contributed by atoms with Gasteiger partial charge in [0.05, 0.1) is 19.8 Å². The van der Waals surface area contributed by atoms with Crippen molar-refractivity contribution in [2.24, 2.45) is 0 Å². The van der Waals surface area contributed by atoms with Crippen LogP contribution in [-0.4, -0.2) is 60.4 Å². The number of benzene rings is 3. The SMILES string of the molecule is CS(=O)(=O)c1cc(P(c2cc3c(c(S(=O)(=O)O)c2)OCC3)c2cc3c(c(S(=O)(=O)O)c2)OCC3)cc2c1OCC2. The lowest BCUT2D eigenvalue weighted by molar-refractivity contribution is 0.346. The van der Waals surface area contributed by atoms with E-state index in [1.165, 1.54) is 18.2 Å². The van der Waals surface area contributed by atoms with Crippen LogP contribution >= 0.6 is 7.92 Å². The predicted octanol–water partition coefficient (Wildman–Crippen LogP) is 1.15. The molecule has 212 valence electrons. The first-order valence-electron chi connectivity index (χ1n) is 12.1. The van der Waals surface area contributed by atoms with Gasteiger partial charge in [0, 0.05) is 25.5 Å². The van der Waals surface area contributed by atoms with E-state index in [4.69, 9.17) is 14.2 Å². The zero-order valence-corrected chi connectivity index (χ0v) is 24.3. The van der Waals surface area contributed by atoms with Crippen LogP contribution in [0.2, 0.25) is 0 Å². The average Bonchev–Trinajstić information content (AvgIpc) is 3.61. The molecule has 0 radical (unpaired) electrons. The molecule has 0 amide bonds. The van der Waals surface area contributed by atoms with Crippen molar-refractivity contribution in [2.75, 3.05) is 26.1 Å². The quantitative estimate of drug-likeness (QED) is 0.297. The van der Waals surface area contributed by atoms with Crippen molar-refractivity contribution in [1.82, 2.24) is 0 Å². The first kappa shape index (κ1) is 27.4. The maximum Gasteiger partial charge on any atom is 0.298 e. The molecular weight excluding hydrogens is 603 g/mol. The molecule has 2 N–H and O–H groups in total. The Morgan fingerprint density at radius 3 is 1.23 bits per heavy atom. The fourth-order valence-electron chi connectivity index (χ4n) is 5.26. The maximum absolute atomic E-state index is 12.8. The Balaban J connectivity index is 1.69. The molecule has 15 heteroatoms. The summed E-state index contributed by atoms with van der Waals surface area (Å²) in [7, 11) is -15.0. The standard InChI is InChI=1S/C25H23O11PS3/c1-38(26,27)20-11-17(8-14-2-5-34-23(14)20)37(18-9-15-3-6-35-24(15)21(12-18)39(28,29)30)19-10-16-4-7-36-25(16)22(13-19)40(31,32)33/h8-13H,2-7H2,1H3,(H,28,29,30)(H,31,32,33). The number of hydrogen-bond donors (Lipinski definition) is 2. The van der Waals surface area contributed by atoms with Crippen molar-refractivity contribution < 1.29 is 48.6 Å². The Morgan fingerprint density at radius 1 is 0.575 bits per heavy atom. The molecular formula is C25H23O11PS3. The van der Waals surface area contributed by atoms with Gasteiger partial charge in [0.1, 0.15) is 31.9 Å². The largest absolute Gasteiger partial charge is 0.492 e. The van der Waals surface area contributed by atoms with E-state index in [0.717, 1.165) is 6.26 Å². The molecule has 3 heterocycles. The molecule has 0 unspecified atom stereocenters. The Hall–Kier alpha value is -2.74. The molecule has 3 aliphatic heterocycles. The number of fused-ring (bicyclic) bond motifs is 3. The molecule has 0 saturated carbocycles. The van der Waals surface area contributed by atoms with Gasteiger partial charge in [0.15, 0.2) is 9.84 Å². The summed E-state index contributed by atoms with van der Waals surface area (Å²) < 4.78 is 112. The Labute approximate surface area is 232 Å². The molecule has 0 aromatic heterocycles. The van der Waals surface area contributed by atoms with Gasteiger partial charge in [0.2, 0.25) is 0 Å². The lowest BCUT2D eigenvalue weighted by Crippen LogP contribution is -2.24. The summed E-state index contributed by atoms with van der Waals surface area (Å²) in [6, 6.07) is 9.22.